The third kappa shape index (κ3) is 5.14. The zero-order valence-electron chi connectivity index (χ0n) is 14.6. The van der Waals surface area contributed by atoms with Gasteiger partial charge in [-0.15, -0.1) is 0 Å². The molecule has 6 heteroatoms. The Morgan fingerprint density at radius 3 is 2.52 bits per heavy atom. The number of anilines is 1. The minimum atomic E-state index is -3.47. The first-order valence-electron chi connectivity index (χ1n) is 8.40. The molecule has 134 valence electrons. The summed E-state index contributed by atoms with van der Waals surface area (Å²) in [5.41, 5.74) is 1.86. The highest BCUT2D eigenvalue weighted by atomic mass is 32.2. The lowest BCUT2D eigenvalue weighted by Gasteiger charge is -2.11. The maximum Gasteiger partial charge on any atom is 0.256 e. The van der Waals surface area contributed by atoms with Crippen molar-refractivity contribution in [1.29, 1.82) is 0 Å². The molecule has 0 unspecified atom stereocenters. The van der Waals surface area contributed by atoms with Crippen LogP contribution in [0, 0.1) is 0 Å². The number of nitrogens with one attached hydrogen (secondary N) is 2. The Bertz CT molecular complexity index is 832. The maximum absolute atomic E-state index is 12.6. The number of carbonyl (C=O) groups excluding carboxylic acids is 1. The molecule has 0 spiro atoms. The van der Waals surface area contributed by atoms with E-state index in [0.717, 1.165) is 12.1 Å². The number of hydrogen-bond donors (Lipinski definition) is 2. The summed E-state index contributed by atoms with van der Waals surface area (Å²) in [4.78, 5) is 12.7. The fourth-order valence-electron chi connectivity index (χ4n) is 2.53. The summed E-state index contributed by atoms with van der Waals surface area (Å²) >= 11 is 0. The molecule has 0 atom stereocenters. The molecule has 2 aromatic rings. The van der Waals surface area contributed by atoms with Crippen molar-refractivity contribution in [2.75, 3.05) is 17.6 Å². The molecule has 0 aromatic heterocycles. The van der Waals surface area contributed by atoms with Gasteiger partial charge < -0.3 is 10.6 Å². The second kappa shape index (κ2) is 8.78. The Kier molecular flexibility index (Phi) is 6.73. The molecule has 2 N–H and O–H groups in total. The van der Waals surface area contributed by atoms with E-state index in [1.54, 1.807) is 31.2 Å². The van der Waals surface area contributed by atoms with Gasteiger partial charge >= 0.3 is 0 Å². The van der Waals surface area contributed by atoms with Crippen LogP contribution in [0.4, 0.5) is 5.69 Å². The van der Waals surface area contributed by atoms with Crippen LogP contribution in [0.1, 0.15) is 36.2 Å². The van der Waals surface area contributed by atoms with Gasteiger partial charge in [0.25, 0.3) is 5.91 Å². The van der Waals surface area contributed by atoms with Crippen molar-refractivity contribution in [2.24, 2.45) is 0 Å². The molecule has 0 heterocycles. The molecule has 5 nitrogen and oxygen atoms in total. The van der Waals surface area contributed by atoms with E-state index in [1.165, 1.54) is 6.07 Å². The van der Waals surface area contributed by atoms with Crippen molar-refractivity contribution in [1.82, 2.24) is 5.32 Å². The first-order chi connectivity index (χ1) is 12.0. The summed E-state index contributed by atoms with van der Waals surface area (Å²) in [7, 11) is -3.47. The molecule has 2 rings (SSSR count). The van der Waals surface area contributed by atoms with E-state index < -0.39 is 15.7 Å². The van der Waals surface area contributed by atoms with Crippen molar-refractivity contribution in [2.45, 2.75) is 31.7 Å². The Labute approximate surface area is 149 Å². The molecule has 0 aliphatic carbocycles. The van der Waals surface area contributed by atoms with Crippen molar-refractivity contribution >= 4 is 21.4 Å². The topological polar surface area (TPSA) is 75.3 Å². The average molecular weight is 360 g/mol. The molecule has 1 amide bonds. The van der Waals surface area contributed by atoms with Crippen molar-refractivity contribution in [3.05, 3.63) is 59.7 Å². The summed E-state index contributed by atoms with van der Waals surface area (Å²) in [5, 5.41) is 6.03. The van der Waals surface area contributed by atoms with E-state index >= 15 is 0 Å². The van der Waals surface area contributed by atoms with E-state index in [4.69, 9.17) is 0 Å². The molecule has 0 aliphatic rings. The third-order valence-corrected chi connectivity index (χ3v) is 5.68. The summed E-state index contributed by atoms with van der Waals surface area (Å²) in [5.74, 6) is -0.397. The first-order valence-corrected chi connectivity index (χ1v) is 10.1. The predicted molar refractivity (Wildman–Crippen MR) is 101 cm³/mol. The van der Waals surface area contributed by atoms with Crippen LogP contribution >= 0.6 is 0 Å². The molecular formula is C19H24N2O3S. The summed E-state index contributed by atoms with van der Waals surface area (Å²) in [6, 6.07) is 13.8. The lowest BCUT2D eigenvalue weighted by atomic mass is 10.1. The van der Waals surface area contributed by atoms with Crippen molar-refractivity contribution < 1.29 is 13.2 Å². The predicted octanol–water partition coefficient (Wildman–Crippen LogP) is 3.23. The van der Waals surface area contributed by atoms with Crippen LogP contribution < -0.4 is 10.6 Å². The second-order valence-electron chi connectivity index (χ2n) is 5.75. The van der Waals surface area contributed by atoms with Gasteiger partial charge in [-0.25, -0.2) is 8.42 Å². The number of rotatable bonds is 8. The Balaban J connectivity index is 2.25. The highest BCUT2D eigenvalue weighted by molar-refractivity contribution is 7.91. The molecule has 0 radical (unpaired) electrons. The second-order valence-corrected chi connectivity index (χ2v) is 7.83. The number of carbonyl (C=O) groups is 1. The normalized spacial score (nSPS) is 11.3. The van der Waals surface area contributed by atoms with Crippen LogP contribution in [-0.2, 0) is 16.4 Å². The van der Waals surface area contributed by atoms with E-state index in [2.05, 4.69) is 10.6 Å². The average Bonchev–Trinajstić information content (AvgIpc) is 2.60. The minimum absolute atomic E-state index is 0.0233. The molecule has 0 saturated heterocycles. The van der Waals surface area contributed by atoms with Crippen molar-refractivity contribution in [3.63, 3.8) is 0 Å². The van der Waals surface area contributed by atoms with Gasteiger partial charge in [-0.05, 0) is 42.8 Å². The monoisotopic (exact) mass is 360 g/mol. The summed E-state index contributed by atoms with van der Waals surface area (Å²) < 4.78 is 24.8. The van der Waals surface area contributed by atoms with Gasteiger partial charge in [-0.1, -0.05) is 38.1 Å². The number of sulfone groups is 1. The Hall–Kier alpha value is -2.18. The van der Waals surface area contributed by atoms with Crippen LogP contribution in [0.3, 0.4) is 0 Å². The number of amides is 1. The standard InChI is InChI=1S/C19H24N2O3S/c1-3-12-25(23,24)18-11-6-5-10-17(18)19(22)21-16-9-7-8-15(13-16)14-20-4-2/h5-11,13,20H,3-4,12,14H2,1-2H3,(H,21,22). The Morgan fingerprint density at radius 1 is 1.04 bits per heavy atom. The summed E-state index contributed by atoms with van der Waals surface area (Å²) in [6.45, 7) is 5.40. The molecule has 0 bridgehead atoms. The lowest BCUT2D eigenvalue weighted by molar-refractivity contribution is 0.102. The van der Waals surface area contributed by atoms with Gasteiger partial charge in [0, 0.05) is 12.2 Å². The van der Waals surface area contributed by atoms with Gasteiger partial charge in [0.15, 0.2) is 9.84 Å². The quantitative estimate of drug-likeness (QED) is 0.758. The summed E-state index contributed by atoms with van der Waals surface area (Å²) in [6.07, 6.45) is 0.505. The number of hydrogen-bond acceptors (Lipinski definition) is 4. The third-order valence-electron chi connectivity index (χ3n) is 3.70. The molecule has 2 aromatic carbocycles. The highest BCUT2D eigenvalue weighted by Gasteiger charge is 2.21. The zero-order chi connectivity index (χ0) is 18.3. The van der Waals surface area contributed by atoms with Gasteiger partial charge in [-0.2, -0.15) is 0 Å². The minimum Gasteiger partial charge on any atom is -0.322 e. The largest absolute Gasteiger partial charge is 0.322 e. The fourth-order valence-corrected chi connectivity index (χ4v) is 4.07. The first kappa shape index (κ1) is 19.1. The van der Waals surface area contributed by atoms with Gasteiger partial charge in [0.1, 0.15) is 0 Å². The van der Waals surface area contributed by atoms with Crippen LogP contribution in [0.15, 0.2) is 53.4 Å². The van der Waals surface area contributed by atoms with E-state index in [-0.39, 0.29) is 16.2 Å². The van der Waals surface area contributed by atoms with Crippen molar-refractivity contribution in [3.8, 4) is 0 Å². The molecule has 25 heavy (non-hydrogen) atoms. The SMILES string of the molecule is CCCS(=O)(=O)c1ccccc1C(=O)Nc1cccc(CNCC)c1. The molecule has 0 fully saturated rings. The van der Waals surface area contributed by atoms with E-state index in [9.17, 15) is 13.2 Å². The van der Waals surface area contributed by atoms with Gasteiger partial charge in [0.05, 0.1) is 16.2 Å². The van der Waals surface area contributed by atoms with Gasteiger partial charge in [-0.3, -0.25) is 4.79 Å². The van der Waals surface area contributed by atoms with E-state index in [0.29, 0.717) is 18.7 Å². The zero-order valence-corrected chi connectivity index (χ0v) is 15.4. The van der Waals surface area contributed by atoms with Crippen LogP contribution in [-0.4, -0.2) is 26.6 Å². The lowest BCUT2D eigenvalue weighted by Crippen LogP contribution is -2.18. The van der Waals surface area contributed by atoms with Gasteiger partial charge in [0.2, 0.25) is 0 Å². The Morgan fingerprint density at radius 2 is 1.80 bits per heavy atom. The molecular weight excluding hydrogens is 336 g/mol. The smallest absolute Gasteiger partial charge is 0.256 e. The molecule has 0 saturated carbocycles. The highest BCUT2D eigenvalue weighted by Crippen LogP contribution is 2.20. The number of benzene rings is 2. The fraction of sp³-hybridized carbons (Fsp3) is 0.316. The van der Waals surface area contributed by atoms with Crippen LogP contribution in [0.25, 0.3) is 0 Å². The maximum atomic E-state index is 12.6. The van der Waals surface area contributed by atoms with Crippen LogP contribution in [0.2, 0.25) is 0 Å². The van der Waals surface area contributed by atoms with E-state index in [1.807, 2.05) is 25.1 Å². The van der Waals surface area contributed by atoms with Crippen LogP contribution in [0.5, 0.6) is 0 Å². The molecule has 0 aliphatic heterocycles.